The number of amides is 3. The second-order valence-corrected chi connectivity index (χ2v) is 7.78. The topological polar surface area (TPSA) is 85.3 Å². The number of anilines is 3. The summed E-state index contributed by atoms with van der Waals surface area (Å²) in [7, 11) is 1.58. The number of urea groups is 1. The van der Waals surface area contributed by atoms with Crippen molar-refractivity contribution in [1.82, 2.24) is 4.90 Å². The molecule has 2 aliphatic rings. The van der Waals surface area contributed by atoms with Gasteiger partial charge >= 0.3 is 6.03 Å². The Morgan fingerprint density at radius 3 is 2.48 bits per heavy atom. The van der Waals surface area contributed by atoms with Gasteiger partial charge in [0.2, 0.25) is 5.91 Å². The number of rotatable bonds is 4. The Morgan fingerprint density at radius 1 is 1.00 bits per heavy atom. The van der Waals surface area contributed by atoms with Crippen molar-refractivity contribution in [2.75, 3.05) is 55.0 Å². The first-order valence-corrected chi connectivity index (χ1v) is 10.6. The highest BCUT2D eigenvalue weighted by Gasteiger charge is 2.25. The Kier molecular flexibility index (Phi) is 6.16. The van der Waals surface area contributed by atoms with Crippen LogP contribution in [0.3, 0.4) is 0 Å². The highest BCUT2D eigenvalue weighted by atomic mass is 16.5. The van der Waals surface area contributed by atoms with Crippen LogP contribution in [0, 0.1) is 0 Å². The molecule has 2 aromatic rings. The van der Waals surface area contributed by atoms with Crippen molar-refractivity contribution in [2.24, 2.45) is 0 Å². The fourth-order valence-corrected chi connectivity index (χ4v) is 4.12. The molecule has 2 heterocycles. The zero-order valence-electron chi connectivity index (χ0n) is 17.7. The monoisotopic (exact) mass is 424 g/mol. The Morgan fingerprint density at radius 2 is 1.77 bits per heavy atom. The maximum absolute atomic E-state index is 12.8. The second kappa shape index (κ2) is 9.16. The molecule has 2 aliphatic heterocycles. The van der Waals surface area contributed by atoms with Gasteiger partial charge < -0.3 is 29.9 Å². The normalized spacial score (nSPS) is 16.9. The summed E-state index contributed by atoms with van der Waals surface area (Å²) in [5.41, 5.74) is 2.10. The first-order chi connectivity index (χ1) is 15.1. The van der Waals surface area contributed by atoms with Crippen molar-refractivity contribution in [3.63, 3.8) is 0 Å². The third-order valence-corrected chi connectivity index (χ3v) is 5.83. The van der Waals surface area contributed by atoms with Gasteiger partial charge in [-0.3, -0.25) is 4.79 Å². The number of hydrogen-bond donors (Lipinski definition) is 2. The molecule has 2 saturated heterocycles. The summed E-state index contributed by atoms with van der Waals surface area (Å²) < 4.78 is 5.44. The molecule has 0 radical (unpaired) electrons. The SMILES string of the molecule is COc1ccc(NC(=O)N2CCN(c3ccccc3O)CC2)cc1N1CCCCC1=O. The number of nitrogens with zero attached hydrogens (tertiary/aromatic N) is 3. The van der Waals surface area contributed by atoms with Crippen LogP contribution in [0.25, 0.3) is 0 Å². The molecule has 0 saturated carbocycles. The number of para-hydroxylation sites is 2. The largest absolute Gasteiger partial charge is 0.506 e. The predicted molar refractivity (Wildman–Crippen MR) is 120 cm³/mol. The standard InChI is InChI=1S/C23H28N4O4/c1-31-21-10-9-17(16-19(21)27-11-5-4-8-22(27)29)24-23(30)26-14-12-25(13-15-26)18-6-2-3-7-20(18)28/h2-3,6-7,9-10,16,28H,4-5,8,11-15H2,1H3,(H,24,30). The van der Waals surface area contributed by atoms with Crippen LogP contribution in [-0.4, -0.2) is 61.8 Å². The van der Waals surface area contributed by atoms with E-state index in [0.717, 1.165) is 18.5 Å². The number of methoxy groups -OCH3 is 1. The molecule has 3 amide bonds. The average Bonchev–Trinajstić information content (AvgIpc) is 2.80. The molecule has 2 fully saturated rings. The molecule has 8 nitrogen and oxygen atoms in total. The van der Waals surface area contributed by atoms with E-state index < -0.39 is 0 Å². The number of phenols is 1. The number of piperazine rings is 1. The van der Waals surface area contributed by atoms with E-state index in [1.165, 1.54) is 0 Å². The molecule has 0 aliphatic carbocycles. The molecule has 8 heteroatoms. The minimum Gasteiger partial charge on any atom is -0.506 e. The molecule has 2 N–H and O–H groups in total. The minimum absolute atomic E-state index is 0.0771. The number of ether oxygens (including phenoxy) is 1. The third-order valence-electron chi connectivity index (χ3n) is 5.83. The van der Waals surface area contributed by atoms with Gasteiger partial charge in [0, 0.05) is 44.8 Å². The van der Waals surface area contributed by atoms with Gasteiger partial charge in [0.1, 0.15) is 11.5 Å². The van der Waals surface area contributed by atoms with Gasteiger partial charge in [-0.2, -0.15) is 0 Å². The summed E-state index contributed by atoms with van der Waals surface area (Å²) in [6.07, 6.45) is 2.38. The molecular weight excluding hydrogens is 396 g/mol. The highest BCUT2D eigenvalue weighted by molar-refractivity contribution is 5.97. The van der Waals surface area contributed by atoms with Crippen molar-refractivity contribution in [1.29, 1.82) is 0 Å². The van der Waals surface area contributed by atoms with Gasteiger partial charge in [0.15, 0.2) is 0 Å². The molecule has 0 spiro atoms. The number of piperidine rings is 1. The molecule has 0 bridgehead atoms. The first kappa shape index (κ1) is 20.8. The summed E-state index contributed by atoms with van der Waals surface area (Å²) in [5.74, 6) is 0.941. The number of nitrogens with one attached hydrogen (secondary N) is 1. The number of phenolic OH excluding ortho intramolecular Hbond substituents is 1. The van der Waals surface area contributed by atoms with Gasteiger partial charge in [-0.15, -0.1) is 0 Å². The van der Waals surface area contributed by atoms with Crippen molar-refractivity contribution in [3.8, 4) is 11.5 Å². The van der Waals surface area contributed by atoms with Crippen LogP contribution in [0.2, 0.25) is 0 Å². The van der Waals surface area contributed by atoms with Crippen LogP contribution in [-0.2, 0) is 4.79 Å². The van der Waals surface area contributed by atoms with Crippen LogP contribution < -0.4 is 19.9 Å². The van der Waals surface area contributed by atoms with E-state index in [1.54, 1.807) is 47.2 Å². The number of carbonyl (C=O) groups excluding carboxylic acids is 2. The lowest BCUT2D eigenvalue weighted by molar-refractivity contribution is -0.119. The smallest absolute Gasteiger partial charge is 0.321 e. The second-order valence-electron chi connectivity index (χ2n) is 7.78. The first-order valence-electron chi connectivity index (χ1n) is 10.6. The van der Waals surface area contributed by atoms with Gasteiger partial charge in [-0.25, -0.2) is 4.79 Å². The average molecular weight is 425 g/mol. The summed E-state index contributed by atoms with van der Waals surface area (Å²) in [6.45, 7) is 3.03. The Balaban J connectivity index is 1.41. The summed E-state index contributed by atoms with van der Waals surface area (Å²) in [6, 6.07) is 12.4. The number of benzene rings is 2. The van der Waals surface area contributed by atoms with E-state index >= 15 is 0 Å². The lowest BCUT2D eigenvalue weighted by Gasteiger charge is -2.36. The maximum atomic E-state index is 12.8. The van der Waals surface area contributed by atoms with E-state index in [-0.39, 0.29) is 17.7 Å². The number of hydrogen-bond acceptors (Lipinski definition) is 5. The summed E-state index contributed by atoms with van der Waals surface area (Å²) in [5, 5.41) is 13.0. The lowest BCUT2D eigenvalue weighted by Crippen LogP contribution is -2.50. The zero-order chi connectivity index (χ0) is 21.8. The van der Waals surface area contributed by atoms with Gasteiger partial charge in [0.25, 0.3) is 0 Å². The predicted octanol–water partition coefficient (Wildman–Crippen LogP) is 3.27. The molecule has 2 aromatic carbocycles. The van der Waals surface area contributed by atoms with E-state index in [4.69, 9.17) is 4.74 Å². The van der Waals surface area contributed by atoms with Crippen LogP contribution in [0.5, 0.6) is 11.5 Å². The van der Waals surface area contributed by atoms with Crippen molar-refractivity contribution in [2.45, 2.75) is 19.3 Å². The molecule has 0 unspecified atom stereocenters. The van der Waals surface area contributed by atoms with E-state index in [0.29, 0.717) is 56.3 Å². The molecule has 31 heavy (non-hydrogen) atoms. The van der Waals surface area contributed by atoms with Crippen molar-refractivity contribution >= 4 is 29.0 Å². The summed E-state index contributed by atoms with van der Waals surface area (Å²) >= 11 is 0. The van der Waals surface area contributed by atoms with E-state index in [2.05, 4.69) is 10.2 Å². The molecular formula is C23H28N4O4. The van der Waals surface area contributed by atoms with Crippen molar-refractivity contribution < 1.29 is 19.4 Å². The molecule has 0 atom stereocenters. The molecule has 0 aromatic heterocycles. The quantitative estimate of drug-likeness (QED) is 0.787. The summed E-state index contributed by atoms with van der Waals surface area (Å²) in [4.78, 5) is 30.8. The third kappa shape index (κ3) is 4.52. The van der Waals surface area contributed by atoms with Gasteiger partial charge in [0.05, 0.1) is 18.5 Å². The zero-order valence-corrected chi connectivity index (χ0v) is 17.7. The molecule has 164 valence electrons. The van der Waals surface area contributed by atoms with Crippen LogP contribution >= 0.6 is 0 Å². The Labute approximate surface area is 182 Å². The highest BCUT2D eigenvalue weighted by Crippen LogP contribution is 2.34. The Bertz CT molecular complexity index is 956. The van der Waals surface area contributed by atoms with Crippen LogP contribution in [0.1, 0.15) is 19.3 Å². The van der Waals surface area contributed by atoms with Gasteiger partial charge in [-0.1, -0.05) is 12.1 Å². The lowest BCUT2D eigenvalue weighted by atomic mass is 10.1. The van der Waals surface area contributed by atoms with E-state index in [1.807, 2.05) is 12.1 Å². The van der Waals surface area contributed by atoms with E-state index in [9.17, 15) is 14.7 Å². The fourth-order valence-electron chi connectivity index (χ4n) is 4.12. The van der Waals surface area contributed by atoms with Crippen LogP contribution in [0.15, 0.2) is 42.5 Å². The molecule has 4 rings (SSSR count). The fraction of sp³-hybridized carbons (Fsp3) is 0.391. The van der Waals surface area contributed by atoms with Crippen LogP contribution in [0.4, 0.5) is 21.9 Å². The number of carbonyl (C=O) groups is 2. The van der Waals surface area contributed by atoms with Crippen molar-refractivity contribution in [3.05, 3.63) is 42.5 Å². The minimum atomic E-state index is -0.182. The number of aromatic hydroxyl groups is 1. The maximum Gasteiger partial charge on any atom is 0.321 e. The Hall–Kier alpha value is -3.42. The van der Waals surface area contributed by atoms with Gasteiger partial charge in [-0.05, 0) is 43.2 Å².